The van der Waals surface area contributed by atoms with Crippen molar-refractivity contribution in [1.82, 2.24) is 4.90 Å². The number of amides is 2. The molecule has 1 atom stereocenters. The molecule has 1 aliphatic heterocycles. The van der Waals surface area contributed by atoms with E-state index in [-0.39, 0.29) is 9.23 Å². The number of carbonyl (C=O) groups is 3. The molecule has 2 N–H and O–H groups in total. The Bertz CT molecular complexity index is 808. The summed E-state index contributed by atoms with van der Waals surface area (Å²) >= 11 is 6.01. The molecule has 0 aromatic heterocycles. The van der Waals surface area contributed by atoms with E-state index >= 15 is 0 Å². The molecule has 1 saturated heterocycles. The van der Waals surface area contributed by atoms with E-state index in [2.05, 4.69) is 0 Å². The van der Waals surface area contributed by atoms with E-state index in [1.165, 1.54) is 20.3 Å². The average Bonchev–Trinajstić information content (AvgIpc) is 2.86. The van der Waals surface area contributed by atoms with Crippen LogP contribution < -0.4 is 20.3 Å². The lowest BCUT2D eigenvalue weighted by molar-refractivity contribution is -0.310. The molecule has 0 aliphatic carbocycles. The molecule has 0 unspecified atom stereocenters. The van der Waals surface area contributed by atoms with Gasteiger partial charge in [0, 0.05) is 11.6 Å². The van der Waals surface area contributed by atoms with Crippen LogP contribution in [0.1, 0.15) is 12.0 Å². The van der Waals surface area contributed by atoms with Crippen LogP contribution in [0.5, 0.6) is 11.5 Å². The number of thioether (sulfide) groups is 1. The van der Waals surface area contributed by atoms with E-state index in [4.69, 9.17) is 27.4 Å². The van der Waals surface area contributed by atoms with E-state index in [0.717, 1.165) is 16.7 Å². The summed E-state index contributed by atoms with van der Waals surface area (Å²) in [6, 6.07) is 3.46. The quantitative estimate of drug-likeness (QED) is 0.502. The molecular weight excluding hydrogens is 380 g/mol. The molecule has 0 bridgehead atoms. The van der Waals surface area contributed by atoms with Crippen molar-refractivity contribution >= 4 is 52.2 Å². The highest BCUT2D eigenvalue weighted by molar-refractivity contribution is 8.26. The average molecular weight is 395 g/mol. The maximum absolute atomic E-state index is 12.6. The van der Waals surface area contributed by atoms with Crippen LogP contribution in [0, 0.1) is 0 Å². The molecule has 138 valence electrons. The minimum absolute atomic E-state index is 0.00387. The number of ether oxygens (including phenoxy) is 2. The SMILES string of the molecule is COc1ccc(/C=C2\SC(=S)N([C@H](CC(N)=O)C(=O)[O-])C2=O)c(OC)c1. The zero-order chi connectivity index (χ0) is 19.4. The Kier molecular flexibility index (Phi) is 6.22. The molecule has 8 nitrogen and oxygen atoms in total. The molecule has 0 saturated carbocycles. The number of hydrogen-bond donors (Lipinski definition) is 1. The summed E-state index contributed by atoms with van der Waals surface area (Å²) in [5.41, 5.74) is 5.63. The third-order valence-corrected chi connectivity index (χ3v) is 4.86. The Morgan fingerprint density at radius 2 is 2.08 bits per heavy atom. The normalized spacial score (nSPS) is 16.7. The Balaban J connectivity index is 2.37. The van der Waals surface area contributed by atoms with Gasteiger partial charge < -0.3 is 25.1 Å². The van der Waals surface area contributed by atoms with Crippen LogP contribution in [0.2, 0.25) is 0 Å². The Morgan fingerprint density at radius 3 is 2.62 bits per heavy atom. The first-order valence-corrected chi connectivity index (χ1v) is 8.49. The predicted molar refractivity (Wildman–Crippen MR) is 97.2 cm³/mol. The van der Waals surface area contributed by atoms with Crippen LogP contribution in [-0.4, -0.2) is 47.3 Å². The number of aliphatic carboxylic acids is 1. The van der Waals surface area contributed by atoms with Crippen molar-refractivity contribution < 1.29 is 29.0 Å². The number of carbonyl (C=O) groups excluding carboxylic acids is 3. The van der Waals surface area contributed by atoms with Gasteiger partial charge in [0.1, 0.15) is 15.8 Å². The number of thiocarbonyl (C=S) groups is 1. The van der Waals surface area contributed by atoms with Gasteiger partial charge in [0.25, 0.3) is 5.91 Å². The third kappa shape index (κ3) is 4.14. The van der Waals surface area contributed by atoms with Gasteiger partial charge in [-0.3, -0.25) is 14.5 Å². The van der Waals surface area contributed by atoms with Gasteiger partial charge in [-0.25, -0.2) is 0 Å². The fourth-order valence-electron chi connectivity index (χ4n) is 2.30. The summed E-state index contributed by atoms with van der Waals surface area (Å²) in [5.74, 6) is -2.10. The number of carboxylic acids is 1. The highest BCUT2D eigenvalue weighted by atomic mass is 32.2. The monoisotopic (exact) mass is 395 g/mol. The number of primary amides is 1. The van der Waals surface area contributed by atoms with Crippen molar-refractivity contribution in [2.24, 2.45) is 5.73 Å². The smallest absolute Gasteiger partial charge is 0.266 e. The molecule has 1 aromatic rings. The zero-order valence-corrected chi connectivity index (χ0v) is 15.5. The number of hydrogen-bond acceptors (Lipinski definition) is 8. The lowest BCUT2D eigenvalue weighted by Crippen LogP contribution is -2.51. The highest BCUT2D eigenvalue weighted by Gasteiger charge is 2.38. The summed E-state index contributed by atoms with van der Waals surface area (Å²) in [6.07, 6.45) is 0.933. The van der Waals surface area contributed by atoms with E-state index in [0.29, 0.717) is 17.1 Å². The maximum atomic E-state index is 12.6. The Morgan fingerprint density at radius 1 is 1.38 bits per heavy atom. The number of methoxy groups -OCH3 is 2. The molecular formula is C16H15N2O6S2-. The standard InChI is InChI=1S/C16H16N2O6S2/c1-23-9-4-3-8(11(6-9)24-2)5-12-14(20)18(16(25)26-12)10(15(21)22)7-13(17)19/h3-6,10H,7H2,1-2H3,(H2,17,19)(H,21,22)/p-1/b12-5-/t10-/m1/s1. The number of carboxylic acid groups (broad SMARTS) is 1. The van der Waals surface area contributed by atoms with Crippen LogP contribution in [0.25, 0.3) is 6.08 Å². The molecule has 1 heterocycles. The molecule has 2 amide bonds. The lowest BCUT2D eigenvalue weighted by atomic mass is 10.1. The fraction of sp³-hybridized carbons (Fsp3) is 0.250. The molecule has 0 spiro atoms. The summed E-state index contributed by atoms with van der Waals surface area (Å²) < 4.78 is 10.4. The van der Waals surface area contributed by atoms with Crippen LogP contribution in [0.15, 0.2) is 23.1 Å². The summed E-state index contributed by atoms with van der Waals surface area (Å²) in [6.45, 7) is 0. The summed E-state index contributed by atoms with van der Waals surface area (Å²) in [5, 5.41) is 11.3. The molecule has 1 aromatic carbocycles. The fourth-order valence-corrected chi connectivity index (χ4v) is 3.65. The molecule has 2 rings (SSSR count). The van der Waals surface area contributed by atoms with Crippen molar-refractivity contribution in [3.8, 4) is 11.5 Å². The first kappa shape index (κ1) is 19.7. The van der Waals surface area contributed by atoms with Crippen molar-refractivity contribution in [2.45, 2.75) is 12.5 Å². The van der Waals surface area contributed by atoms with Gasteiger partial charge >= 0.3 is 0 Å². The van der Waals surface area contributed by atoms with Gasteiger partial charge in [0.15, 0.2) is 0 Å². The van der Waals surface area contributed by atoms with Crippen molar-refractivity contribution in [3.05, 3.63) is 28.7 Å². The second-order valence-electron chi connectivity index (χ2n) is 5.16. The zero-order valence-electron chi connectivity index (χ0n) is 13.9. The maximum Gasteiger partial charge on any atom is 0.266 e. The second kappa shape index (κ2) is 8.19. The number of rotatable bonds is 7. The molecule has 10 heteroatoms. The third-order valence-electron chi connectivity index (χ3n) is 3.53. The van der Waals surface area contributed by atoms with Gasteiger partial charge in [0.2, 0.25) is 5.91 Å². The molecule has 1 fully saturated rings. The second-order valence-corrected chi connectivity index (χ2v) is 6.84. The first-order valence-electron chi connectivity index (χ1n) is 7.26. The Labute approximate surface area is 158 Å². The van der Waals surface area contributed by atoms with Crippen LogP contribution in [-0.2, 0) is 14.4 Å². The van der Waals surface area contributed by atoms with Gasteiger partial charge in [-0.1, -0.05) is 24.0 Å². The number of nitrogens with zero attached hydrogens (tertiary/aromatic N) is 1. The highest BCUT2D eigenvalue weighted by Crippen LogP contribution is 2.36. The summed E-state index contributed by atoms with van der Waals surface area (Å²) in [4.78, 5) is 36.1. The molecule has 1 aliphatic rings. The van der Waals surface area contributed by atoms with E-state index in [1.54, 1.807) is 18.2 Å². The number of nitrogens with two attached hydrogens (primary N) is 1. The molecule has 0 radical (unpaired) electrons. The first-order chi connectivity index (χ1) is 12.3. The lowest BCUT2D eigenvalue weighted by Gasteiger charge is -2.26. The molecule has 26 heavy (non-hydrogen) atoms. The summed E-state index contributed by atoms with van der Waals surface area (Å²) in [7, 11) is 2.98. The number of benzene rings is 1. The van der Waals surface area contributed by atoms with Gasteiger partial charge in [-0.2, -0.15) is 0 Å². The van der Waals surface area contributed by atoms with Crippen molar-refractivity contribution in [3.63, 3.8) is 0 Å². The largest absolute Gasteiger partial charge is 0.548 e. The minimum atomic E-state index is -1.61. The van der Waals surface area contributed by atoms with Gasteiger partial charge in [0.05, 0.1) is 37.6 Å². The van der Waals surface area contributed by atoms with Crippen LogP contribution in [0.3, 0.4) is 0 Å². The predicted octanol–water partition coefficient (Wildman–Crippen LogP) is -0.101. The van der Waals surface area contributed by atoms with Crippen molar-refractivity contribution in [2.75, 3.05) is 14.2 Å². The van der Waals surface area contributed by atoms with Crippen molar-refractivity contribution in [1.29, 1.82) is 0 Å². The minimum Gasteiger partial charge on any atom is -0.548 e. The topological polar surface area (TPSA) is 122 Å². The Hall–Kier alpha value is -2.59. The van der Waals surface area contributed by atoms with Gasteiger partial charge in [-0.05, 0) is 18.2 Å². The van der Waals surface area contributed by atoms with E-state index in [1.807, 2.05) is 0 Å². The van der Waals surface area contributed by atoms with Gasteiger partial charge in [-0.15, -0.1) is 0 Å². The van der Waals surface area contributed by atoms with E-state index < -0.39 is 30.2 Å². The van der Waals surface area contributed by atoms with Crippen LogP contribution >= 0.6 is 24.0 Å². The van der Waals surface area contributed by atoms with E-state index in [9.17, 15) is 19.5 Å². The van der Waals surface area contributed by atoms with Crippen LogP contribution in [0.4, 0.5) is 0 Å².